The van der Waals surface area contributed by atoms with E-state index in [4.69, 9.17) is 0 Å². The van der Waals surface area contributed by atoms with E-state index in [1.807, 2.05) is 12.1 Å². The summed E-state index contributed by atoms with van der Waals surface area (Å²) in [5.41, 5.74) is 1.27. The van der Waals surface area contributed by atoms with E-state index >= 15 is 0 Å². The van der Waals surface area contributed by atoms with Crippen molar-refractivity contribution in [3.8, 4) is 0 Å². The van der Waals surface area contributed by atoms with Crippen LogP contribution < -0.4 is 4.90 Å². The molecule has 2 rings (SSSR count). The van der Waals surface area contributed by atoms with Crippen molar-refractivity contribution in [3.05, 3.63) is 34.4 Å². The monoisotopic (exact) mass is 254 g/mol. The van der Waals surface area contributed by atoms with Gasteiger partial charge in [0.25, 0.3) is 5.69 Å². The molecule has 5 heteroatoms. The topological polar surface area (TPSA) is 46.4 Å². The number of anilines is 1. The fourth-order valence-corrected chi connectivity index (χ4v) is 3.61. The van der Waals surface area contributed by atoms with Gasteiger partial charge in [-0.2, -0.15) is 0 Å². The predicted octanol–water partition coefficient (Wildman–Crippen LogP) is 2.48. The molecule has 17 heavy (non-hydrogen) atoms. The molecule has 0 N–H and O–H groups in total. The molecule has 0 radical (unpaired) electrons. The summed E-state index contributed by atoms with van der Waals surface area (Å²) in [5.74, 6) is 2.51. The molecule has 1 heterocycles. The Balaban J connectivity index is 2.06. The van der Waals surface area contributed by atoms with Gasteiger partial charge < -0.3 is 4.90 Å². The molecule has 0 atom stereocenters. The van der Waals surface area contributed by atoms with E-state index in [-0.39, 0.29) is 10.6 Å². The van der Waals surface area contributed by atoms with Crippen LogP contribution in [-0.4, -0.2) is 42.0 Å². The Hall–Kier alpha value is -1.23. The first-order chi connectivity index (χ1) is 7.98. The molecule has 0 saturated carbocycles. The van der Waals surface area contributed by atoms with Gasteiger partial charge in [-0.25, -0.2) is 10.0 Å². The molecule has 1 saturated heterocycles. The Morgan fingerprint density at radius 1 is 1.18 bits per heavy atom. The number of hydrogen-bond donors (Lipinski definition) is 0. The largest absolute Gasteiger partial charge is 0.370 e. The minimum Gasteiger partial charge on any atom is -0.370 e. The second-order valence-corrected chi connectivity index (χ2v) is 9.29. The molecular weight excluding hydrogens is 236 g/mol. The molecule has 1 aromatic rings. The maximum Gasteiger partial charge on any atom is 0.269 e. The van der Waals surface area contributed by atoms with Crippen molar-refractivity contribution in [1.29, 1.82) is 0 Å². The fraction of sp³-hybridized carbons (Fsp3) is 0.500. The van der Waals surface area contributed by atoms with Crippen LogP contribution in [0.4, 0.5) is 11.4 Å². The first-order valence-electron chi connectivity index (χ1n) is 5.66. The average molecular weight is 254 g/mol. The number of hydrogen-bond acceptors (Lipinski definition) is 3. The molecule has 0 amide bonds. The standard InChI is InChI=1S/C12H18N2O2S/c1-17(2)9-7-13(8-10-17)11-3-5-12(6-4-11)14(15)16/h3-6H,7-10H2,1-2H3. The maximum absolute atomic E-state index is 10.6. The highest BCUT2D eigenvalue weighted by Gasteiger charge is 2.21. The molecule has 0 aromatic heterocycles. The molecule has 4 nitrogen and oxygen atoms in total. The van der Waals surface area contributed by atoms with E-state index in [0.717, 1.165) is 18.8 Å². The van der Waals surface area contributed by atoms with Gasteiger partial charge in [0, 0.05) is 30.9 Å². The summed E-state index contributed by atoms with van der Waals surface area (Å²) in [6, 6.07) is 6.88. The zero-order chi connectivity index (χ0) is 12.5. The summed E-state index contributed by atoms with van der Waals surface area (Å²) >= 11 is 0. The number of rotatable bonds is 2. The first kappa shape index (κ1) is 12.2. The van der Waals surface area contributed by atoms with Crippen molar-refractivity contribution in [2.24, 2.45) is 0 Å². The molecule has 1 aliphatic heterocycles. The number of nitrogens with zero attached hydrogens (tertiary/aromatic N) is 2. The Labute approximate surface area is 103 Å². The number of nitro groups is 1. The smallest absolute Gasteiger partial charge is 0.269 e. The van der Waals surface area contributed by atoms with Gasteiger partial charge in [-0.1, -0.05) is 0 Å². The Morgan fingerprint density at radius 3 is 2.18 bits per heavy atom. The molecule has 1 aromatic carbocycles. The molecule has 0 aliphatic carbocycles. The maximum atomic E-state index is 10.6. The fourth-order valence-electron chi connectivity index (χ4n) is 1.97. The van der Waals surface area contributed by atoms with E-state index in [1.54, 1.807) is 12.1 Å². The van der Waals surface area contributed by atoms with Crippen LogP contribution in [0.3, 0.4) is 0 Å². The lowest BCUT2D eigenvalue weighted by molar-refractivity contribution is -0.384. The molecular formula is C12H18N2O2S. The highest BCUT2D eigenvalue weighted by molar-refractivity contribution is 8.32. The predicted molar refractivity (Wildman–Crippen MR) is 74.5 cm³/mol. The van der Waals surface area contributed by atoms with Crippen LogP contribution in [0.15, 0.2) is 24.3 Å². The number of non-ortho nitro benzene ring substituents is 1. The molecule has 0 unspecified atom stereocenters. The average Bonchev–Trinajstić information content (AvgIpc) is 2.29. The van der Waals surface area contributed by atoms with Crippen molar-refractivity contribution < 1.29 is 4.92 Å². The highest BCUT2D eigenvalue weighted by atomic mass is 32.3. The lowest BCUT2D eigenvalue weighted by atomic mass is 10.2. The van der Waals surface area contributed by atoms with E-state index in [1.165, 1.54) is 11.5 Å². The van der Waals surface area contributed by atoms with E-state index in [0.29, 0.717) is 0 Å². The SMILES string of the molecule is CS1(C)CCN(c2ccc([N+](=O)[O-])cc2)CC1. The lowest BCUT2D eigenvalue weighted by Crippen LogP contribution is -2.37. The third-order valence-electron chi connectivity index (χ3n) is 3.25. The van der Waals surface area contributed by atoms with E-state index < -0.39 is 10.0 Å². The summed E-state index contributed by atoms with van der Waals surface area (Å²) in [6.45, 7) is 2.14. The molecule has 1 aliphatic rings. The van der Waals surface area contributed by atoms with E-state index in [9.17, 15) is 10.1 Å². The summed E-state index contributed by atoms with van der Waals surface area (Å²) in [4.78, 5) is 12.5. The van der Waals surface area contributed by atoms with Crippen LogP contribution in [0.5, 0.6) is 0 Å². The van der Waals surface area contributed by atoms with Gasteiger partial charge in [0.15, 0.2) is 0 Å². The third kappa shape index (κ3) is 2.91. The van der Waals surface area contributed by atoms with Gasteiger partial charge >= 0.3 is 0 Å². The second kappa shape index (κ2) is 4.56. The van der Waals surface area contributed by atoms with Crippen LogP contribution in [0.1, 0.15) is 0 Å². The zero-order valence-corrected chi connectivity index (χ0v) is 11.1. The number of nitro benzene ring substituents is 1. The summed E-state index contributed by atoms with van der Waals surface area (Å²) in [6.07, 6.45) is 4.75. The quantitative estimate of drug-likeness (QED) is 0.601. The van der Waals surface area contributed by atoms with E-state index in [2.05, 4.69) is 17.4 Å². The summed E-state index contributed by atoms with van der Waals surface area (Å²) in [5, 5.41) is 10.6. The Morgan fingerprint density at radius 2 is 1.71 bits per heavy atom. The van der Waals surface area contributed by atoms with Crippen LogP contribution >= 0.6 is 10.0 Å². The van der Waals surface area contributed by atoms with Crippen LogP contribution in [0.25, 0.3) is 0 Å². The van der Waals surface area contributed by atoms with Gasteiger partial charge in [0.2, 0.25) is 0 Å². The second-order valence-electron chi connectivity index (χ2n) is 4.94. The van der Waals surface area contributed by atoms with Crippen molar-refractivity contribution in [1.82, 2.24) is 0 Å². The zero-order valence-electron chi connectivity index (χ0n) is 10.3. The molecule has 1 fully saturated rings. The minimum atomic E-state index is -0.395. The highest BCUT2D eigenvalue weighted by Crippen LogP contribution is 2.42. The summed E-state index contributed by atoms with van der Waals surface area (Å²) < 4.78 is 0. The third-order valence-corrected chi connectivity index (χ3v) is 5.83. The van der Waals surface area contributed by atoms with Gasteiger partial charge in [-0.15, -0.1) is 0 Å². The van der Waals surface area contributed by atoms with Crippen molar-refractivity contribution in [2.75, 3.05) is 42.0 Å². The van der Waals surface area contributed by atoms with Gasteiger partial charge in [-0.05, 0) is 36.1 Å². The summed E-state index contributed by atoms with van der Waals surface area (Å²) in [7, 11) is -0.395. The van der Waals surface area contributed by atoms with Crippen LogP contribution in [-0.2, 0) is 0 Å². The lowest BCUT2D eigenvalue weighted by Gasteiger charge is -2.41. The normalized spacial score (nSPS) is 20.9. The van der Waals surface area contributed by atoms with Gasteiger partial charge in [0.05, 0.1) is 4.92 Å². The Bertz CT molecular complexity index is 407. The minimum absolute atomic E-state index is 0.164. The number of benzene rings is 1. The van der Waals surface area contributed by atoms with Crippen molar-refractivity contribution >= 4 is 21.4 Å². The van der Waals surface area contributed by atoms with Crippen LogP contribution in [0.2, 0.25) is 0 Å². The molecule has 0 spiro atoms. The molecule has 0 bridgehead atoms. The van der Waals surface area contributed by atoms with Crippen molar-refractivity contribution in [3.63, 3.8) is 0 Å². The van der Waals surface area contributed by atoms with Gasteiger partial charge in [-0.3, -0.25) is 10.1 Å². The molecule has 94 valence electrons. The van der Waals surface area contributed by atoms with Crippen molar-refractivity contribution in [2.45, 2.75) is 0 Å². The first-order valence-corrected chi connectivity index (χ1v) is 8.45. The Kier molecular flexibility index (Phi) is 3.28. The van der Waals surface area contributed by atoms with Crippen LogP contribution in [0, 0.1) is 10.1 Å². The van der Waals surface area contributed by atoms with Gasteiger partial charge in [0.1, 0.15) is 0 Å².